The summed E-state index contributed by atoms with van der Waals surface area (Å²) in [5.41, 5.74) is 1.09. The van der Waals surface area contributed by atoms with Gasteiger partial charge in [0.2, 0.25) is 15.9 Å². The number of amides is 1. The van der Waals surface area contributed by atoms with Gasteiger partial charge in [-0.3, -0.25) is 9.59 Å². The summed E-state index contributed by atoms with van der Waals surface area (Å²) >= 11 is 0. The molecule has 1 saturated heterocycles. The highest BCUT2D eigenvalue weighted by molar-refractivity contribution is 7.89. The van der Waals surface area contributed by atoms with Gasteiger partial charge in [-0.25, -0.2) is 8.42 Å². The van der Waals surface area contributed by atoms with Crippen LogP contribution < -0.4 is 14.8 Å². The van der Waals surface area contributed by atoms with Crippen LogP contribution in [0.15, 0.2) is 47.4 Å². The van der Waals surface area contributed by atoms with E-state index in [0.717, 1.165) is 6.42 Å². The highest BCUT2D eigenvalue weighted by Crippen LogP contribution is 2.33. The molecule has 32 heavy (non-hydrogen) atoms. The van der Waals surface area contributed by atoms with Crippen LogP contribution in [0.1, 0.15) is 36.5 Å². The molecule has 2 aromatic rings. The van der Waals surface area contributed by atoms with Gasteiger partial charge in [0.05, 0.1) is 18.1 Å². The average Bonchev–Trinajstić information content (AvgIpc) is 3.04. The molecule has 2 aromatic carbocycles. The van der Waals surface area contributed by atoms with Crippen molar-refractivity contribution in [2.24, 2.45) is 5.92 Å². The highest BCUT2D eigenvalue weighted by Gasteiger charge is 2.32. The van der Waals surface area contributed by atoms with Gasteiger partial charge >= 0.3 is 0 Å². The Balaban J connectivity index is 1.36. The van der Waals surface area contributed by atoms with Crippen LogP contribution in [0.2, 0.25) is 0 Å². The molecule has 170 valence electrons. The largest absolute Gasteiger partial charge is 0.490 e. The van der Waals surface area contributed by atoms with E-state index in [1.54, 1.807) is 18.2 Å². The second kappa shape index (κ2) is 9.30. The maximum absolute atomic E-state index is 12.9. The summed E-state index contributed by atoms with van der Waals surface area (Å²) in [6.45, 7) is 3.12. The standard InChI is InChI=1S/C23H26N2O6S/c1-16(26)17-3-6-20(7-4-17)32(28,29)25-11-9-18(10-12-25)23(27)24-19-5-8-21-22(15-19)31-14-2-13-30-21/h3-8,15,18H,2,9-14H2,1H3,(H,24,27). The number of hydrogen-bond donors (Lipinski definition) is 1. The Bertz CT molecular complexity index is 1110. The number of benzene rings is 2. The normalized spacial score (nSPS) is 17.4. The number of hydrogen-bond acceptors (Lipinski definition) is 6. The summed E-state index contributed by atoms with van der Waals surface area (Å²) in [4.78, 5) is 24.3. The quantitative estimate of drug-likeness (QED) is 0.691. The van der Waals surface area contributed by atoms with Crippen LogP contribution in [0.4, 0.5) is 5.69 Å². The fourth-order valence-electron chi connectivity index (χ4n) is 3.85. The van der Waals surface area contributed by atoms with Crippen LogP contribution in [0.3, 0.4) is 0 Å². The Hall–Kier alpha value is -2.91. The topological polar surface area (TPSA) is 102 Å². The number of piperidine rings is 1. The molecule has 1 N–H and O–H groups in total. The first-order valence-corrected chi connectivity index (χ1v) is 12.1. The number of carbonyl (C=O) groups excluding carboxylic acids is 2. The van der Waals surface area contributed by atoms with Crippen LogP contribution in [0.25, 0.3) is 0 Å². The molecule has 8 nitrogen and oxygen atoms in total. The average molecular weight is 459 g/mol. The minimum Gasteiger partial charge on any atom is -0.490 e. The fourth-order valence-corrected chi connectivity index (χ4v) is 5.32. The number of ketones is 1. The Kier molecular flexibility index (Phi) is 6.48. The van der Waals surface area contributed by atoms with Crippen molar-refractivity contribution in [1.29, 1.82) is 0 Å². The van der Waals surface area contributed by atoms with E-state index in [2.05, 4.69) is 5.32 Å². The molecular formula is C23H26N2O6S. The molecule has 0 saturated carbocycles. The van der Waals surface area contributed by atoms with Crippen LogP contribution in [0.5, 0.6) is 11.5 Å². The van der Waals surface area contributed by atoms with Gasteiger partial charge in [0.25, 0.3) is 0 Å². The summed E-state index contributed by atoms with van der Waals surface area (Å²) < 4.78 is 38.5. The Morgan fingerprint density at radius 3 is 2.28 bits per heavy atom. The number of rotatable bonds is 5. The SMILES string of the molecule is CC(=O)c1ccc(S(=O)(=O)N2CCC(C(=O)Nc3ccc4c(c3)OCCCO4)CC2)cc1. The Labute approximate surface area is 187 Å². The summed E-state index contributed by atoms with van der Waals surface area (Å²) in [5.74, 6) is 0.738. The van der Waals surface area contributed by atoms with Crippen molar-refractivity contribution >= 4 is 27.4 Å². The van der Waals surface area contributed by atoms with Gasteiger partial charge < -0.3 is 14.8 Å². The minimum absolute atomic E-state index is 0.116. The number of nitrogens with zero attached hydrogens (tertiary/aromatic N) is 1. The van der Waals surface area contributed by atoms with Gasteiger partial charge in [-0.15, -0.1) is 0 Å². The molecular weight excluding hydrogens is 432 g/mol. The van der Waals surface area contributed by atoms with E-state index in [9.17, 15) is 18.0 Å². The van der Waals surface area contributed by atoms with Crippen molar-refractivity contribution in [2.45, 2.75) is 31.1 Å². The van der Waals surface area contributed by atoms with Gasteiger partial charge in [0, 0.05) is 42.7 Å². The molecule has 0 unspecified atom stereocenters. The van der Waals surface area contributed by atoms with Crippen molar-refractivity contribution < 1.29 is 27.5 Å². The molecule has 0 bridgehead atoms. The van der Waals surface area contributed by atoms with E-state index in [1.165, 1.54) is 35.5 Å². The lowest BCUT2D eigenvalue weighted by Gasteiger charge is -2.30. The first-order chi connectivity index (χ1) is 15.3. The number of carbonyl (C=O) groups is 2. The molecule has 0 spiro atoms. The van der Waals surface area contributed by atoms with Crippen molar-refractivity contribution in [3.8, 4) is 11.5 Å². The van der Waals surface area contributed by atoms with E-state index in [0.29, 0.717) is 48.8 Å². The highest BCUT2D eigenvalue weighted by atomic mass is 32.2. The number of fused-ring (bicyclic) bond motifs is 1. The molecule has 0 aliphatic carbocycles. The van der Waals surface area contributed by atoms with Gasteiger partial charge in [0.1, 0.15) is 0 Å². The second-order valence-corrected chi connectivity index (χ2v) is 9.90. The molecule has 9 heteroatoms. The van der Waals surface area contributed by atoms with E-state index < -0.39 is 10.0 Å². The van der Waals surface area contributed by atoms with Crippen LogP contribution in [-0.2, 0) is 14.8 Å². The van der Waals surface area contributed by atoms with Crippen LogP contribution >= 0.6 is 0 Å². The smallest absolute Gasteiger partial charge is 0.243 e. The maximum atomic E-state index is 12.9. The van der Waals surface area contributed by atoms with Gasteiger partial charge in [0.15, 0.2) is 17.3 Å². The van der Waals surface area contributed by atoms with E-state index >= 15 is 0 Å². The number of ether oxygens (including phenoxy) is 2. The van der Waals surface area contributed by atoms with Crippen molar-refractivity contribution in [3.63, 3.8) is 0 Å². The lowest BCUT2D eigenvalue weighted by Crippen LogP contribution is -2.41. The molecule has 0 atom stereocenters. The summed E-state index contributed by atoms with van der Waals surface area (Å²) in [5, 5.41) is 2.91. The molecule has 0 radical (unpaired) electrons. The zero-order valence-electron chi connectivity index (χ0n) is 17.9. The van der Waals surface area contributed by atoms with Crippen LogP contribution in [0, 0.1) is 5.92 Å². The predicted molar refractivity (Wildman–Crippen MR) is 119 cm³/mol. The second-order valence-electron chi connectivity index (χ2n) is 7.96. The lowest BCUT2D eigenvalue weighted by atomic mass is 9.97. The molecule has 2 heterocycles. The lowest BCUT2D eigenvalue weighted by molar-refractivity contribution is -0.120. The molecule has 1 amide bonds. The first-order valence-electron chi connectivity index (χ1n) is 10.7. The monoisotopic (exact) mass is 458 g/mol. The third kappa shape index (κ3) is 4.78. The van der Waals surface area contributed by atoms with Crippen molar-refractivity contribution in [2.75, 3.05) is 31.6 Å². The number of Topliss-reactive ketones (excluding diaryl/α,β-unsaturated/α-hetero) is 1. The number of anilines is 1. The van der Waals surface area contributed by atoms with Gasteiger partial charge in [-0.1, -0.05) is 12.1 Å². The zero-order valence-corrected chi connectivity index (χ0v) is 18.7. The van der Waals surface area contributed by atoms with Gasteiger partial charge in [-0.2, -0.15) is 4.31 Å². The molecule has 0 aromatic heterocycles. The van der Waals surface area contributed by atoms with Crippen molar-refractivity contribution in [1.82, 2.24) is 4.31 Å². The van der Waals surface area contributed by atoms with E-state index in [1.807, 2.05) is 0 Å². The van der Waals surface area contributed by atoms with Crippen LogP contribution in [-0.4, -0.2) is 50.7 Å². The van der Waals surface area contributed by atoms with E-state index in [4.69, 9.17) is 9.47 Å². The molecule has 2 aliphatic rings. The van der Waals surface area contributed by atoms with Crippen molar-refractivity contribution in [3.05, 3.63) is 48.0 Å². The third-order valence-electron chi connectivity index (χ3n) is 5.74. The first kappa shape index (κ1) is 22.3. The zero-order chi connectivity index (χ0) is 22.7. The van der Waals surface area contributed by atoms with Gasteiger partial charge in [-0.05, 0) is 44.0 Å². The summed E-state index contributed by atoms with van der Waals surface area (Å²) in [6, 6.07) is 11.3. The molecule has 4 rings (SSSR count). The number of sulfonamides is 1. The summed E-state index contributed by atoms with van der Waals surface area (Å²) in [6.07, 6.45) is 1.67. The summed E-state index contributed by atoms with van der Waals surface area (Å²) in [7, 11) is -3.67. The Morgan fingerprint density at radius 1 is 0.969 bits per heavy atom. The maximum Gasteiger partial charge on any atom is 0.243 e. The Morgan fingerprint density at radius 2 is 1.62 bits per heavy atom. The molecule has 1 fully saturated rings. The van der Waals surface area contributed by atoms with E-state index in [-0.39, 0.29) is 35.6 Å². The molecule has 2 aliphatic heterocycles. The number of nitrogens with one attached hydrogen (secondary N) is 1. The fraction of sp³-hybridized carbons (Fsp3) is 0.391. The predicted octanol–water partition coefficient (Wildman–Crippen LogP) is 3.09. The minimum atomic E-state index is -3.67. The third-order valence-corrected chi connectivity index (χ3v) is 7.65.